The molecule has 1 atom stereocenters. The van der Waals surface area contributed by atoms with E-state index < -0.39 is 48.5 Å². The summed E-state index contributed by atoms with van der Waals surface area (Å²) in [6.45, 7) is 0.791. The van der Waals surface area contributed by atoms with Crippen LogP contribution in [-0.4, -0.2) is 87.4 Å². The molecule has 2 aliphatic rings. The van der Waals surface area contributed by atoms with Crippen molar-refractivity contribution in [2.45, 2.75) is 49.9 Å². The first-order chi connectivity index (χ1) is 17.2. The van der Waals surface area contributed by atoms with E-state index in [1.807, 2.05) is 10.7 Å². The number of likely N-dealkylation sites (tertiary alicyclic amines) is 1. The van der Waals surface area contributed by atoms with E-state index in [0.717, 1.165) is 24.4 Å². The second-order valence-electron chi connectivity index (χ2n) is 7.63. The van der Waals surface area contributed by atoms with Gasteiger partial charge in [-0.15, -0.1) is 11.3 Å². The molecule has 10 nitrogen and oxygen atoms in total. The number of alkyl halides is 9. The highest BCUT2D eigenvalue weighted by Gasteiger charge is 2.45. The number of oxime groups is 1. The minimum absolute atomic E-state index is 0.0235. The molecule has 1 spiro atoms. The number of hydrogen-bond donors (Lipinski definition) is 3. The molecule has 1 amide bonds. The van der Waals surface area contributed by atoms with Crippen molar-refractivity contribution in [3.05, 3.63) is 16.6 Å². The molecular formula is C18H19F9N4O6S. The highest BCUT2D eigenvalue weighted by Crippen LogP contribution is 2.34. The summed E-state index contributed by atoms with van der Waals surface area (Å²) < 4.78 is 100. The van der Waals surface area contributed by atoms with Gasteiger partial charge in [0.15, 0.2) is 5.60 Å². The van der Waals surface area contributed by atoms with Crippen molar-refractivity contribution in [2.24, 2.45) is 5.16 Å². The van der Waals surface area contributed by atoms with Crippen LogP contribution in [0.5, 0.6) is 0 Å². The Balaban J connectivity index is 0.000000426. The number of aromatic nitrogens is 1. The molecule has 0 aromatic carbocycles. The average Bonchev–Trinajstić information content (AvgIpc) is 3.41. The first-order valence-electron chi connectivity index (χ1n) is 10.0. The number of carboxylic acids is 2. The fourth-order valence-corrected chi connectivity index (χ4v) is 3.65. The number of carbonyl (C=O) groups excluding carboxylic acids is 1. The molecule has 38 heavy (non-hydrogen) atoms. The first-order valence-corrected chi connectivity index (χ1v) is 10.9. The topological polar surface area (TPSA) is 141 Å². The number of amides is 1. The van der Waals surface area contributed by atoms with Gasteiger partial charge in [0.05, 0.1) is 6.54 Å². The first kappa shape index (κ1) is 32.9. The van der Waals surface area contributed by atoms with Crippen molar-refractivity contribution in [3.8, 4) is 0 Å². The summed E-state index contributed by atoms with van der Waals surface area (Å²) in [6, 6.07) is 0. The lowest BCUT2D eigenvalue weighted by atomic mass is 9.88. The maximum absolute atomic E-state index is 12.2. The van der Waals surface area contributed by atoms with Crippen molar-refractivity contribution < 1.29 is 68.9 Å². The SMILES string of the molecule is O=C(NCC(F)(F)F)C1=NOC2(CCCN(Cc3nccs3)C2)C1.O=C(O)C(F)(F)F.O=C(O)C(F)(F)F. The molecule has 2 aliphatic heterocycles. The van der Waals surface area contributed by atoms with Gasteiger partial charge in [0.1, 0.15) is 17.3 Å². The van der Waals surface area contributed by atoms with Gasteiger partial charge in [-0.3, -0.25) is 9.69 Å². The van der Waals surface area contributed by atoms with Crippen LogP contribution in [0.15, 0.2) is 16.7 Å². The molecule has 1 saturated heterocycles. The number of nitrogens with zero attached hydrogens (tertiary/aromatic N) is 3. The van der Waals surface area contributed by atoms with E-state index in [0.29, 0.717) is 13.1 Å². The van der Waals surface area contributed by atoms with Gasteiger partial charge in [-0.1, -0.05) is 5.16 Å². The van der Waals surface area contributed by atoms with Crippen LogP contribution in [0.1, 0.15) is 24.3 Å². The second-order valence-corrected chi connectivity index (χ2v) is 8.61. The number of halogens is 9. The Kier molecular flexibility index (Phi) is 11.3. The van der Waals surface area contributed by atoms with Gasteiger partial charge < -0.3 is 20.4 Å². The molecule has 0 radical (unpaired) electrons. The predicted molar refractivity (Wildman–Crippen MR) is 109 cm³/mol. The van der Waals surface area contributed by atoms with E-state index >= 15 is 0 Å². The Morgan fingerprint density at radius 1 is 1.05 bits per heavy atom. The summed E-state index contributed by atoms with van der Waals surface area (Å²) >= 11 is 1.57. The molecule has 1 aromatic heterocycles. The average molecular weight is 590 g/mol. The van der Waals surface area contributed by atoms with Crippen LogP contribution in [0.4, 0.5) is 39.5 Å². The molecule has 0 aliphatic carbocycles. The third-order valence-electron chi connectivity index (χ3n) is 4.50. The Labute approximate surface area is 211 Å². The zero-order valence-corrected chi connectivity index (χ0v) is 19.6. The number of piperidine rings is 1. The standard InChI is InChI=1S/C14H17F3N4O2S.2C2HF3O2/c15-14(16,17)8-19-12(22)10-6-13(23-20-10)2-1-4-21(9-13)7-11-18-3-5-24-11;2*3-2(4,5)1(6)7/h3,5H,1-2,4,6-9H2,(H,19,22);2*(H,6,7). The Hall–Kier alpha value is -3.16. The number of nitrogens with one attached hydrogen (secondary N) is 1. The number of carboxylic acid groups (broad SMARTS) is 2. The van der Waals surface area contributed by atoms with Gasteiger partial charge >= 0.3 is 30.5 Å². The summed E-state index contributed by atoms with van der Waals surface area (Å²) in [5.41, 5.74) is -0.601. The van der Waals surface area contributed by atoms with Gasteiger partial charge in [-0.2, -0.15) is 39.5 Å². The van der Waals surface area contributed by atoms with Gasteiger partial charge in [0, 0.05) is 24.5 Å². The van der Waals surface area contributed by atoms with Crippen LogP contribution >= 0.6 is 11.3 Å². The quantitative estimate of drug-likeness (QED) is 0.455. The lowest BCUT2D eigenvalue weighted by molar-refractivity contribution is -0.193. The summed E-state index contributed by atoms with van der Waals surface area (Å²) in [5, 5.41) is 22.7. The van der Waals surface area contributed by atoms with Crippen molar-refractivity contribution >= 4 is 34.9 Å². The molecule has 0 saturated carbocycles. The Morgan fingerprint density at radius 2 is 1.61 bits per heavy atom. The van der Waals surface area contributed by atoms with E-state index in [1.54, 1.807) is 17.5 Å². The zero-order valence-electron chi connectivity index (χ0n) is 18.8. The van der Waals surface area contributed by atoms with Crippen LogP contribution in [0.25, 0.3) is 0 Å². The van der Waals surface area contributed by atoms with Crippen LogP contribution < -0.4 is 5.32 Å². The lowest BCUT2D eigenvalue weighted by Crippen LogP contribution is -2.48. The van der Waals surface area contributed by atoms with Crippen LogP contribution in [0.2, 0.25) is 0 Å². The number of aliphatic carboxylic acids is 2. The molecule has 20 heteroatoms. The molecule has 1 fully saturated rings. The Bertz CT molecular complexity index is 958. The van der Waals surface area contributed by atoms with Gasteiger partial charge in [-0.25, -0.2) is 14.6 Å². The van der Waals surface area contributed by atoms with Crippen molar-refractivity contribution in [2.75, 3.05) is 19.6 Å². The fourth-order valence-electron chi connectivity index (χ4n) is 2.99. The zero-order chi connectivity index (χ0) is 29.4. The maximum Gasteiger partial charge on any atom is 0.490 e. The highest BCUT2D eigenvalue weighted by molar-refractivity contribution is 7.09. The number of hydrogen-bond acceptors (Lipinski definition) is 8. The van der Waals surface area contributed by atoms with Crippen molar-refractivity contribution in [1.82, 2.24) is 15.2 Å². The number of carbonyl (C=O) groups is 3. The van der Waals surface area contributed by atoms with Crippen LogP contribution in [0.3, 0.4) is 0 Å². The molecule has 0 bridgehead atoms. The van der Waals surface area contributed by atoms with Crippen LogP contribution in [-0.2, 0) is 25.8 Å². The summed E-state index contributed by atoms with van der Waals surface area (Å²) in [4.78, 5) is 41.5. The Morgan fingerprint density at radius 3 is 2.05 bits per heavy atom. The van der Waals surface area contributed by atoms with E-state index in [9.17, 15) is 44.3 Å². The largest absolute Gasteiger partial charge is 0.490 e. The fraction of sp³-hybridized carbons (Fsp3) is 0.611. The summed E-state index contributed by atoms with van der Waals surface area (Å²) in [6.07, 6.45) is -11.0. The third-order valence-corrected chi connectivity index (χ3v) is 5.26. The molecule has 3 N–H and O–H groups in total. The van der Waals surface area contributed by atoms with Gasteiger partial charge in [0.25, 0.3) is 5.91 Å². The summed E-state index contributed by atoms with van der Waals surface area (Å²) in [5.74, 6) is -6.33. The minimum Gasteiger partial charge on any atom is -0.475 e. The lowest BCUT2D eigenvalue weighted by Gasteiger charge is -2.37. The molecule has 216 valence electrons. The molecule has 1 unspecified atom stereocenters. The molecule has 3 rings (SSSR count). The van der Waals surface area contributed by atoms with Gasteiger partial charge in [-0.05, 0) is 19.4 Å². The highest BCUT2D eigenvalue weighted by atomic mass is 32.1. The molecule has 1 aromatic rings. The molecular weight excluding hydrogens is 571 g/mol. The number of thiazole rings is 1. The monoisotopic (exact) mass is 590 g/mol. The van der Waals surface area contributed by atoms with Crippen molar-refractivity contribution in [3.63, 3.8) is 0 Å². The maximum atomic E-state index is 12.2. The smallest absolute Gasteiger partial charge is 0.475 e. The van der Waals surface area contributed by atoms with Crippen molar-refractivity contribution in [1.29, 1.82) is 0 Å². The second kappa shape index (κ2) is 13.1. The minimum atomic E-state index is -5.08. The van der Waals surface area contributed by atoms with Gasteiger partial charge in [0.2, 0.25) is 0 Å². The predicted octanol–water partition coefficient (Wildman–Crippen LogP) is 3.20. The van der Waals surface area contributed by atoms with E-state index in [2.05, 4.69) is 15.0 Å². The van der Waals surface area contributed by atoms with Crippen LogP contribution in [0, 0.1) is 0 Å². The number of rotatable bonds is 4. The normalized spacial score (nSPS) is 19.8. The molecule has 3 heterocycles. The van der Waals surface area contributed by atoms with E-state index in [4.69, 9.17) is 24.6 Å². The third kappa shape index (κ3) is 11.9. The van der Waals surface area contributed by atoms with E-state index in [-0.39, 0.29) is 12.1 Å². The van der Waals surface area contributed by atoms with E-state index in [1.165, 1.54) is 0 Å². The summed E-state index contributed by atoms with van der Waals surface area (Å²) in [7, 11) is 0.